The molecule has 0 aliphatic heterocycles. The minimum absolute atomic E-state index is 0.167. The molecule has 1 N–H and O–H groups in total. The van der Waals surface area contributed by atoms with Crippen LogP contribution < -0.4 is 0 Å². The quantitative estimate of drug-likeness (QED) is 0.705. The lowest BCUT2D eigenvalue weighted by Crippen LogP contribution is -1.98. The van der Waals surface area contributed by atoms with Crippen molar-refractivity contribution >= 4 is 20.7 Å². The molecule has 5 nitrogen and oxygen atoms in total. The molecular formula is C8H8N2O3S. The van der Waals surface area contributed by atoms with Crippen LogP contribution in [0.3, 0.4) is 0 Å². The van der Waals surface area contributed by atoms with Crippen LogP contribution in [-0.4, -0.2) is 29.8 Å². The van der Waals surface area contributed by atoms with E-state index in [0.29, 0.717) is 15.7 Å². The van der Waals surface area contributed by atoms with E-state index in [-0.39, 0.29) is 4.90 Å². The Kier molecular flexibility index (Phi) is 1.75. The van der Waals surface area contributed by atoms with Crippen LogP contribution >= 0.6 is 0 Å². The Morgan fingerprint density at radius 2 is 2.14 bits per heavy atom. The maximum Gasteiger partial charge on any atom is 0.175 e. The molecule has 1 aromatic carbocycles. The lowest BCUT2D eigenvalue weighted by Gasteiger charge is -1.98. The summed E-state index contributed by atoms with van der Waals surface area (Å²) in [6, 6.07) is 4.47. The van der Waals surface area contributed by atoms with Gasteiger partial charge in [0.25, 0.3) is 0 Å². The van der Waals surface area contributed by atoms with Gasteiger partial charge in [0, 0.05) is 11.6 Å². The van der Waals surface area contributed by atoms with Crippen molar-refractivity contribution in [2.45, 2.75) is 4.90 Å². The van der Waals surface area contributed by atoms with Gasteiger partial charge < -0.3 is 5.21 Å². The standard InChI is InChI=1S/C8H8N2O3S/c1-14(12,13)7-3-2-6-5-9-10(11)8(6)4-7/h2-5,11H,1H3. The highest BCUT2D eigenvalue weighted by Gasteiger charge is 2.09. The maximum absolute atomic E-state index is 11.2. The lowest BCUT2D eigenvalue weighted by molar-refractivity contribution is 0.161. The third-order valence-electron chi connectivity index (χ3n) is 1.95. The van der Waals surface area contributed by atoms with Crippen LogP contribution in [0.5, 0.6) is 0 Å². The van der Waals surface area contributed by atoms with Gasteiger partial charge in [-0.3, -0.25) is 0 Å². The topological polar surface area (TPSA) is 72.2 Å². The molecule has 0 bridgehead atoms. The summed E-state index contributed by atoms with van der Waals surface area (Å²) in [5.74, 6) is 0. The summed E-state index contributed by atoms with van der Waals surface area (Å²) in [6.07, 6.45) is 2.58. The van der Waals surface area contributed by atoms with E-state index in [9.17, 15) is 13.6 Å². The largest absolute Gasteiger partial charge is 0.411 e. The summed E-state index contributed by atoms with van der Waals surface area (Å²) in [7, 11) is -3.24. The van der Waals surface area contributed by atoms with Crippen molar-refractivity contribution in [3.05, 3.63) is 24.4 Å². The summed E-state index contributed by atoms with van der Waals surface area (Å²) in [5.41, 5.74) is 0.382. The molecule has 14 heavy (non-hydrogen) atoms. The lowest BCUT2D eigenvalue weighted by atomic mass is 10.3. The van der Waals surface area contributed by atoms with Crippen molar-refractivity contribution in [3.63, 3.8) is 0 Å². The molecule has 0 radical (unpaired) electrons. The van der Waals surface area contributed by atoms with E-state index in [1.165, 1.54) is 18.3 Å². The predicted molar refractivity (Wildman–Crippen MR) is 50.0 cm³/mol. The molecule has 0 aliphatic rings. The Labute approximate surface area is 80.5 Å². The molecule has 1 aromatic heterocycles. The first-order valence-corrected chi connectivity index (χ1v) is 5.75. The second kappa shape index (κ2) is 2.71. The average Bonchev–Trinajstić information content (AvgIpc) is 2.46. The Balaban J connectivity index is 2.79. The number of nitrogens with zero attached hydrogens (tertiary/aromatic N) is 2. The van der Waals surface area contributed by atoms with Crippen LogP contribution in [0.4, 0.5) is 0 Å². The number of rotatable bonds is 1. The van der Waals surface area contributed by atoms with Gasteiger partial charge in [0.15, 0.2) is 9.84 Å². The van der Waals surface area contributed by atoms with Crippen LogP contribution in [0.15, 0.2) is 29.3 Å². The normalized spacial score (nSPS) is 12.1. The SMILES string of the molecule is CS(=O)(=O)c1ccc2cnn(O)c2c1. The van der Waals surface area contributed by atoms with Gasteiger partial charge in [-0.15, -0.1) is 9.94 Å². The Morgan fingerprint density at radius 1 is 1.43 bits per heavy atom. The first-order valence-electron chi connectivity index (χ1n) is 3.85. The predicted octanol–water partition coefficient (Wildman–Crippen LogP) is 0.677. The molecule has 0 atom stereocenters. The summed E-state index contributed by atoms with van der Waals surface area (Å²) in [5, 5.41) is 13.5. The third-order valence-corrected chi connectivity index (χ3v) is 3.06. The zero-order valence-electron chi connectivity index (χ0n) is 7.38. The van der Waals surface area contributed by atoms with Gasteiger partial charge >= 0.3 is 0 Å². The molecule has 74 valence electrons. The van der Waals surface area contributed by atoms with Gasteiger partial charge in [-0.25, -0.2) is 8.42 Å². The molecule has 1 heterocycles. The monoisotopic (exact) mass is 212 g/mol. The maximum atomic E-state index is 11.2. The fourth-order valence-electron chi connectivity index (χ4n) is 1.22. The molecule has 0 unspecified atom stereocenters. The van der Waals surface area contributed by atoms with E-state index >= 15 is 0 Å². The van der Waals surface area contributed by atoms with E-state index in [1.54, 1.807) is 6.07 Å². The van der Waals surface area contributed by atoms with Crippen LogP contribution in [-0.2, 0) is 9.84 Å². The molecule has 0 saturated carbocycles. The van der Waals surface area contributed by atoms with Crippen molar-refractivity contribution in [1.29, 1.82) is 0 Å². The fraction of sp³-hybridized carbons (Fsp3) is 0.125. The van der Waals surface area contributed by atoms with E-state index in [4.69, 9.17) is 0 Å². The Hall–Kier alpha value is -1.56. The Morgan fingerprint density at radius 3 is 2.79 bits per heavy atom. The number of fused-ring (bicyclic) bond motifs is 1. The Bertz CT molecular complexity index is 586. The van der Waals surface area contributed by atoms with Crippen LogP contribution in [0.1, 0.15) is 0 Å². The zero-order chi connectivity index (χ0) is 10.3. The molecule has 0 fully saturated rings. The molecule has 0 aliphatic carbocycles. The van der Waals surface area contributed by atoms with E-state index in [0.717, 1.165) is 6.26 Å². The first-order chi connectivity index (χ1) is 6.48. The summed E-state index contributed by atoms with van der Waals surface area (Å²) in [6.45, 7) is 0. The molecule has 2 aromatic rings. The van der Waals surface area contributed by atoms with E-state index in [1.807, 2.05) is 0 Å². The van der Waals surface area contributed by atoms with E-state index in [2.05, 4.69) is 5.10 Å². The number of sulfone groups is 1. The van der Waals surface area contributed by atoms with Crippen molar-refractivity contribution in [2.75, 3.05) is 6.26 Å². The first kappa shape index (κ1) is 9.01. The second-order valence-electron chi connectivity index (χ2n) is 3.03. The number of aromatic nitrogens is 2. The van der Waals surface area contributed by atoms with Gasteiger partial charge in [-0.2, -0.15) is 0 Å². The zero-order valence-corrected chi connectivity index (χ0v) is 8.19. The third kappa shape index (κ3) is 1.33. The molecular weight excluding hydrogens is 204 g/mol. The molecule has 0 saturated heterocycles. The number of benzene rings is 1. The summed E-state index contributed by atoms with van der Waals surface area (Å²) >= 11 is 0. The molecule has 6 heteroatoms. The van der Waals surface area contributed by atoms with Crippen LogP contribution in [0.2, 0.25) is 0 Å². The summed E-state index contributed by atoms with van der Waals surface area (Å²) in [4.78, 5) is 0.824. The highest BCUT2D eigenvalue weighted by molar-refractivity contribution is 7.90. The summed E-state index contributed by atoms with van der Waals surface area (Å²) < 4.78 is 22.4. The van der Waals surface area contributed by atoms with Crippen molar-refractivity contribution in [3.8, 4) is 0 Å². The molecule has 0 spiro atoms. The average molecular weight is 212 g/mol. The van der Waals surface area contributed by atoms with Crippen molar-refractivity contribution in [1.82, 2.24) is 9.94 Å². The van der Waals surface area contributed by atoms with Gasteiger partial charge in [-0.05, 0) is 18.2 Å². The van der Waals surface area contributed by atoms with Crippen LogP contribution in [0, 0.1) is 0 Å². The van der Waals surface area contributed by atoms with Gasteiger partial charge in [0.1, 0.15) is 5.52 Å². The minimum Gasteiger partial charge on any atom is -0.411 e. The smallest absolute Gasteiger partial charge is 0.175 e. The highest BCUT2D eigenvalue weighted by atomic mass is 32.2. The molecule has 0 amide bonds. The van der Waals surface area contributed by atoms with E-state index < -0.39 is 9.84 Å². The minimum atomic E-state index is -3.24. The highest BCUT2D eigenvalue weighted by Crippen LogP contribution is 2.17. The number of hydrogen-bond donors (Lipinski definition) is 1. The van der Waals surface area contributed by atoms with Crippen molar-refractivity contribution in [2.24, 2.45) is 0 Å². The van der Waals surface area contributed by atoms with Gasteiger partial charge in [-0.1, -0.05) is 0 Å². The van der Waals surface area contributed by atoms with Crippen LogP contribution in [0.25, 0.3) is 10.9 Å². The van der Waals surface area contributed by atoms with Gasteiger partial charge in [0.05, 0.1) is 11.1 Å². The second-order valence-corrected chi connectivity index (χ2v) is 5.04. The van der Waals surface area contributed by atoms with Crippen molar-refractivity contribution < 1.29 is 13.6 Å². The van der Waals surface area contributed by atoms with Gasteiger partial charge in [0.2, 0.25) is 0 Å². The molecule has 2 rings (SSSR count). The fourth-order valence-corrected chi connectivity index (χ4v) is 1.86. The number of hydrogen-bond acceptors (Lipinski definition) is 4.